The summed E-state index contributed by atoms with van der Waals surface area (Å²) in [5, 5.41) is 0.377. The zero-order chi connectivity index (χ0) is 17.8. The molecule has 0 saturated carbocycles. The van der Waals surface area contributed by atoms with Crippen LogP contribution >= 0.6 is 0 Å². The number of likely N-dealkylation sites (tertiary alicyclic amines) is 1. The van der Waals surface area contributed by atoms with Gasteiger partial charge in [0.25, 0.3) is 0 Å². The number of hydrogen-bond acceptors (Lipinski definition) is 5. The van der Waals surface area contributed by atoms with E-state index < -0.39 is 5.97 Å². The third-order valence-electron chi connectivity index (χ3n) is 4.22. The average Bonchev–Trinajstić information content (AvgIpc) is 2.63. The van der Waals surface area contributed by atoms with Crippen LogP contribution in [0.5, 0.6) is 5.75 Å². The van der Waals surface area contributed by atoms with Crippen LogP contribution in [0.4, 0.5) is 0 Å². The number of ether oxygens (including phenoxy) is 2. The number of fused-ring (bicyclic) bond motifs is 1. The smallest absolute Gasteiger partial charge is 0.343 e. The summed E-state index contributed by atoms with van der Waals surface area (Å²) in [7, 11) is 0. The van der Waals surface area contributed by atoms with Gasteiger partial charge in [0.1, 0.15) is 17.4 Å². The molecule has 8 heteroatoms. The summed E-state index contributed by atoms with van der Waals surface area (Å²) in [4.78, 5) is 39.6. The third kappa shape index (κ3) is 3.63. The van der Waals surface area contributed by atoms with Gasteiger partial charge in [-0.3, -0.25) is 4.79 Å². The van der Waals surface area contributed by atoms with E-state index in [9.17, 15) is 14.4 Å². The van der Waals surface area contributed by atoms with Crippen LogP contribution in [-0.4, -0.2) is 48.1 Å². The van der Waals surface area contributed by atoms with Crippen molar-refractivity contribution in [3.05, 3.63) is 40.2 Å². The van der Waals surface area contributed by atoms with Crippen LogP contribution in [-0.2, 0) is 9.53 Å². The Morgan fingerprint density at radius 1 is 1.35 bits per heavy atom. The molecule has 0 spiro atoms. The molecule has 0 atom stereocenters. The Morgan fingerprint density at radius 2 is 2.08 bits per heavy atom. The summed E-state index contributed by atoms with van der Waals surface area (Å²) in [6, 6.07) is 5.16. The van der Waals surface area contributed by atoms with Crippen molar-refractivity contribution in [2.24, 2.45) is 0 Å². The van der Waals surface area contributed by atoms with Crippen LogP contribution in [0.15, 0.2) is 29.2 Å². The van der Waals surface area contributed by atoms with Gasteiger partial charge in [-0.2, -0.15) is 6.41 Å². The van der Waals surface area contributed by atoms with Crippen molar-refractivity contribution in [1.82, 2.24) is 9.88 Å². The zero-order valence-corrected chi connectivity index (χ0v) is 16.6. The number of pyridine rings is 1. The molecule has 1 fully saturated rings. The number of aromatic nitrogens is 1. The van der Waals surface area contributed by atoms with Gasteiger partial charge < -0.3 is 24.2 Å². The van der Waals surface area contributed by atoms with Gasteiger partial charge in [0, 0.05) is 11.7 Å². The largest absolute Gasteiger partial charge is 0.520 e. The standard InChI is InChI=1S/C18H19N2O5.Fm/c1-2-24-18(23)15-10-19-16-4-3-13(9-14(16)17(15)22)25-12-5-7-20(11-21)8-6-12;/h3-4,9-10,12H,2,5-8H2,1H3,(H,19,22);/q-1;. The predicted molar refractivity (Wildman–Crippen MR) is 91.4 cm³/mol. The Labute approximate surface area is 144 Å². The van der Waals surface area contributed by atoms with Gasteiger partial charge in [-0.05, 0) is 51.1 Å². The summed E-state index contributed by atoms with van der Waals surface area (Å²) in [6.07, 6.45) is 4.67. The number of esters is 1. The summed E-state index contributed by atoms with van der Waals surface area (Å²) < 4.78 is 10.8. The molecule has 1 aromatic heterocycles. The molecule has 2 aromatic rings. The molecule has 144 valence electrons. The maximum Gasteiger partial charge on any atom is 0.343 e. The Hall–Kier alpha value is -3.83. The molecule has 0 aliphatic carbocycles. The molecule has 1 aliphatic heterocycles. The molecular weight excluding hydrogens is 581 g/mol. The first-order valence-corrected chi connectivity index (χ1v) is 8.24. The minimum atomic E-state index is -0.644. The summed E-state index contributed by atoms with van der Waals surface area (Å²) >= 11 is 0. The first-order valence-electron chi connectivity index (χ1n) is 8.24. The number of benzene rings is 1. The van der Waals surface area contributed by atoms with E-state index in [2.05, 4.69) is 4.98 Å². The average molecular weight is 600 g/mol. The third-order valence-corrected chi connectivity index (χ3v) is 4.22. The second kappa shape index (κ2) is 7.83. The van der Waals surface area contributed by atoms with Crippen molar-refractivity contribution in [3.8, 4) is 5.75 Å². The summed E-state index contributed by atoms with van der Waals surface area (Å²) in [6.45, 7) is 3.10. The number of nitrogens with zero attached hydrogens (tertiary/aromatic N) is 1. The van der Waals surface area contributed by atoms with Gasteiger partial charge in [0.05, 0.1) is 12.0 Å². The fraction of sp³-hybridized carbons (Fsp3) is 0.389. The number of rotatable bonds is 5. The van der Waals surface area contributed by atoms with Crippen LogP contribution < -0.4 is 10.2 Å². The van der Waals surface area contributed by atoms with E-state index in [-0.39, 0.29) is 23.7 Å². The second-order valence-corrected chi connectivity index (χ2v) is 5.85. The Balaban J connectivity index is 0.00000243. The quantitative estimate of drug-likeness (QED) is 0.417. The maximum atomic E-state index is 12.5. The van der Waals surface area contributed by atoms with E-state index in [0.717, 1.165) is 0 Å². The summed E-state index contributed by atoms with van der Waals surface area (Å²) in [5.41, 5.74) is 0.208. The van der Waals surface area contributed by atoms with E-state index in [4.69, 9.17) is 9.47 Å². The first kappa shape index (κ1) is 18.5. The maximum absolute atomic E-state index is 12.5. The van der Waals surface area contributed by atoms with Crippen molar-refractivity contribution >= 4 is 23.3 Å². The van der Waals surface area contributed by atoms with E-state index in [1.54, 1.807) is 30.0 Å². The van der Waals surface area contributed by atoms with Gasteiger partial charge in [-0.25, -0.2) is 4.79 Å². The number of carbonyl (C=O) groups excluding carboxylic acids is 2. The van der Waals surface area contributed by atoms with Crippen molar-refractivity contribution in [2.45, 2.75) is 25.9 Å². The molecule has 1 aromatic carbocycles. The second-order valence-electron chi connectivity index (χ2n) is 5.85. The number of aromatic amines is 1. The van der Waals surface area contributed by atoms with Crippen LogP contribution in [0, 0.1) is 0 Å². The molecular formula is C18H19FmN2O5-. The Kier molecular flexibility index (Phi) is 5.57. The van der Waals surface area contributed by atoms with Crippen LogP contribution in [0.2, 0.25) is 0 Å². The molecule has 1 amide bonds. The predicted octanol–water partition coefficient (Wildman–Crippen LogP) is 1.62. The molecule has 0 radical (unpaired) electrons. The normalized spacial score (nSPS) is 14.6. The first-order chi connectivity index (χ1) is 12.1. The number of hydrogen-bond donors (Lipinski definition) is 1. The molecule has 0 bridgehead atoms. The van der Waals surface area contributed by atoms with E-state index in [1.807, 2.05) is 6.41 Å². The van der Waals surface area contributed by atoms with Gasteiger partial charge in [-0.1, -0.05) is 0 Å². The number of H-pyrrole nitrogens is 1. The van der Waals surface area contributed by atoms with E-state index >= 15 is 0 Å². The minimum absolute atomic E-state index is 0. The Morgan fingerprint density at radius 3 is 2.73 bits per heavy atom. The van der Waals surface area contributed by atoms with E-state index in [1.165, 1.54) is 6.20 Å². The van der Waals surface area contributed by atoms with Crippen LogP contribution in [0.25, 0.3) is 10.9 Å². The molecule has 2 heterocycles. The van der Waals surface area contributed by atoms with Crippen molar-refractivity contribution in [2.75, 3.05) is 19.7 Å². The van der Waals surface area contributed by atoms with Crippen LogP contribution in [0.1, 0.15) is 30.1 Å². The molecule has 3 rings (SSSR count). The number of nitrogens with one attached hydrogen (secondary N) is 1. The summed E-state index contributed by atoms with van der Waals surface area (Å²) in [5.74, 6) is -0.0815. The number of amides is 1. The van der Waals surface area contributed by atoms with Crippen molar-refractivity contribution < 1.29 is 19.1 Å². The Bertz CT molecular complexity index is 843. The molecule has 1 aliphatic rings. The number of carbonyl (C=O) groups is 1. The van der Waals surface area contributed by atoms with Crippen LogP contribution in [0.3, 0.4) is 0 Å². The zero-order valence-electron chi connectivity index (χ0n) is 14.2. The van der Waals surface area contributed by atoms with E-state index in [0.29, 0.717) is 42.6 Å². The fourth-order valence-corrected chi connectivity index (χ4v) is 2.89. The molecule has 1 N–H and O–H groups in total. The van der Waals surface area contributed by atoms with Gasteiger partial charge in [0.15, 0.2) is 0 Å². The topological polar surface area (TPSA) is 88.7 Å². The SMILES string of the molecule is CCOC(=O)c1c[nH]c2ccc(OC3CCN([C-]=O)CC3)cc2c1=O.[Fm]. The molecule has 7 nitrogen and oxygen atoms in total. The number of piperidine rings is 1. The molecule has 1 saturated heterocycles. The molecule has 0 unspecified atom stereocenters. The van der Waals surface area contributed by atoms with Gasteiger partial charge >= 0.3 is 5.97 Å². The minimum Gasteiger partial charge on any atom is -0.520 e. The fourth-order valence-electron chi connectivity index (χ4n) is 2.89. The van der Waals surface area contributed by atoms with Crippen molar-refractivity contribution in [1.29, 1.82) is 0 Å². The van der Waals surface area contributed by atoms with Gasteiger partial charge in [0.2, 0.25) is 5.43 Å². The molecule has 26 heavy (non-hydrogen) atoms. The monoisotopic (exact) mass is 600 g/mol. The van der Waals surface area contributed by atoms with Crippen molar-refractivity contribution in [3.63, 3.8) is 0 Å². The van der Waals surface area contributed by atoms with Gasteiger partial charge in [-0.15, -0.1) is 0 Å².